The molecule has 0 aliphatic heterocycles. The van der Waals surface area contributed by atoms with Crippen LogP contribution in [0.2, 0.25) is 0 Å². The molecule has 0 saturated heterocycles. The number of rotatable bonds is 4. The summed E-state index contributed by atoms with van der Waals surface area (Å²) in [6, 6.07) is 14.4. The third kappa shape index (κ3) is 4.53. The van der Waals surface area contributed by atoms with Crippen LogP contribution in [0.3, 0.4) is 0 Å². The third-order valence-corrected chi connectivity index (χ3v) is 5.29. The fourth-order valence-corrected chi connectivity index (χ4v) is 3.39. The van der Waals surface area contributed by atoms with E-state index in [-0.39, 0.29) is 34.5 Å². The van der Waals surface area contributed by atoms with Crippen molar-refractivity contribution < 1.29 is 42.2 Å². The standard InChI is InChI=1S/C13H12O3S3.Na/c1-16-19(14,15)11-7-8-12(17)13(9-11)18-10-5-3-2-4-6-10;/h2-9,17H,1H3;/q;+1. The molecule has 0 spiro atoms. The zero-order chi connectivity index (χ0) is 13.9. The third-order valence-electron chi connectivity index (χ3n) is 2.41. The summed E-state index contributed by atoms with van der Waals surface area (Å²) in [5.74, 6) is 0. The molecule has 0 aromatic heterocycles. The van der Waals surface area contributed by atoms with Crippen LogP contribution >= 0.6 is 24.4 Å². The molecule has 2 rings (SSSR count). The number of hydrogen-bond donors (Lipinski definition) is 1. The van der Waals surface area contributed by atoms with E-state index in [0.717, 1.165) is 21.8 Å². The van der Waals surface area contributed by atoms with Crippen molar-refractivity contribution >= 4 is 34.5 Å². The number of thiol groups is 1. The van der Waals surface area contributed by atoms with Crippen molar-refractivity contribution in [3.05, 3.63) is 48.5 Å². The molecule has 0 unspecified atom stereocenters. The topological polar surface area (TPSA) is 43.4 Å². The zero-order valence-corrected chi connectivity index (χ0v) is 15.6. The summed E-state index contributed by atoms with van der Waals surface area (Å²) >= 11 is 5.80. The van der Waals surface area contributed by atoms with Crippen molar-refractivity contribution in [2.75, 3.05) is 7.11 Å². The Morgan fingerprint density at radius 2 is 1.75 bits per heavy atom. The van der Waals surface area contributed by atoms with Gasteiger partial charge in [0.1, 0.15) is 0 Å². The van der Waals surface area contributed by atoms with E-state index < -0.39 is 10.1 Å². The van der Waals surface area contributed by atoms with E-state index in [1.165, 1.54) is 17.8 Å². The van der Waals surface area contributed by atoms with Crippen molar-refractivity contribution in [2.24, 2.45) is 0 Å². The van der Waals surface area contributed by atoms with E-state index in [2.05, 4.69) is 16.8 Å². The molecule has 3 nitrogen and oxygen atoms in total. The minimum absolute atomic E-state index is 0. The van der Waals surface area contributed by atoms with Crippen molar-refractivity contribution in [3.8, 4) is 0 Å². The molecule has 0 amide bonds. The zero-order valence-electron chi connectivity index (χ0n) is 11.1. The minimum atomic E-state index is -3.68. The maximum absolute atomic E-state index is 11.7. The Bertz CT molecular complexity index is 673. The summed E-state index contributed by atoms with van der Waals surface area (Å²) in [6.07, 6.45) is 0. The minimum Gasteiger partial charge on any atom is -0.270 e. The van der Waals surface area contributed by atoms with Gasteiger partial charge in [-0.1, -0.05) is 30.0 Å². The Labute approximate surface area is 150 Å². The molecule has 0 N–H and O–H groups in total. The molecule has 2 aromatic rings. The first-order valence-corrected chi connectivity index (χ1v) is 8.06. The predicted molar refractivity (Wildman–Crippen MR) is 78.5 cm³/mol. The van der Waals surface area contributed by atoms with E-state index in [0.29, 0.717) is 0 Å². The second-order valence-electron chi connectivity index (χ2n) is 3.67. The van der Waals surface area contributed by atoms with E-state index in [1.807, 2.05) is 30.3 Å². The van der Waals surface area contributed by atoms with Crippen LogP contribution in [0, 0.1) is 0 Å². The van der Waals surface area contributed by atoms with Gasteiger partial charge in [-0.25, -0.2) is 0 Å². The quantitative estimate of drug-likeness (QED) is 0.501. The Kier molecular flexibility index (Phi) is 7.14. The van der Waals surface area contributed by atoms with Gasteiger partial charge in [0.15, 0.2) is 0 Å². The molecule has 0 fully saturated rings. The Balaban J connectivity index is 0.00000200. The van der Waals surface area contributed by atoms with Gasteiger partial charge in [-0.3, -0.25) is 4.18 Å². The van der Waals surface area contributed by atoms with Gasteiger partial charge >= 0.3 is 29.6 Å². The summed E-state index contributed by atoms with van der Waals surface area (Å²) in [6.45, 7) is 0. The van der Waals surface area contributed by atoms with Gasteiger partial charge in [-0.05, 0) is 30.3 Å². The number of benzene rings is 2. The molecule has 0 aliphatic rings. The fraction of sp³-hybridized carbons (Fsp3) is 0.0769. The van der Waals surface area contributed by atoms with Crippen LogP contribution in [0.15, 0.2) is 68.1 Å². The predicted octanol–water partition coefficient (Wildman–Crippen LogP) is 0.466. The van der Waals surface area contributed by atoms with Gasteiger partial charge in [0, 0.05) is 14.7 Å². The Morgan fingerprint density at radius 1 is 1.10 bits per heavy atom. The average molecular weight is 335 g/mol. The van der Waals surface area contributed by atoms with Gasteiger partial charge in [-0.2, -0.15) is 8.42 Å². The molecular formula is C13H12NaO3S3+. The van der Waals surface area contributed by atoms with Crippen molar-refractivity contribution in [1.82, 2.24) is 0 Å². The fourth-order valence-electron chi connectivity index (χ4n) is 1.44. The first-order valence-electron chi connectivity index (χ1n) is 5.39. The molecule has 0 bridgehead atoms. The van der Waals surface area contributed by atoms with Crippen LogP contribution in [0.5, 0.6) is 0 Å². The van der Waals surface area contributed by atoms with Crippen molar-refractivity contribution in [1.29, 1.82) is 0 Å². The van der Waals surface area contributed by atoms with Crippen molar-refractivity contribution in [3.63, 3.8) is 0 Å². The van der Waals surface area contributed by atoms with E-state index in [9.17, 15) is 8.42 Å². The maximum atomic E-state index is 11.7. The molecule has 0 atom stereocenters. The van der Waals surface area contributed by atoms with E-state index >= 15 is 0 Å². The molecule has 0 saturated carbocycles. The Morgan fingerprint density at radius 3 is 2.35 bits per heavy atom. The molecular weight excluding hydrogens is 323 g/mol. The van der Waals surface area contributed by atoms with Crippen LogP contribution in [-0.2, 0) is 14.3 Å². The number of hydrogen-bond acceptors (Lipinski definition) is 5. The average Bonchev–Trinajstić information content (AvgIpc) is 2.42. The van der Waals surface area contributed by atoms with Crippen LogP contribution in [0.1, 0.15) is 0 Å². The van der Waals surface area contributed by atoms with Crippen LogP contribution in [-0.4, -0.2) is 15.5 Å². The molecule has 0 heterocycles. The smallest absolute Gasteiger partial charge is 0.270 e. The van der Waals surface area contributed by atoms with Gasteiger partial charge in [-0.15, -0.1) is 12.6 Å². The van der Waals surface area contributed by atoms with Crippen molar-refractivity contribution in [2.45, 2.75) is 19.6 Å². The largest absolute Gasteiger partial charge is 1.00 e. The normalized spacial score (nSPS) is 10.9. The Hall–Kier alpha value is 0.0500. The van der Waals surface area contributed by atoms with Gasteiger partial charge in [0.2, 0.25) is 0 Å². The summed E-state index contributed by atoms with van der Waals surface area (Å²) < 4.78 is 27.8. The summed E-state index contributed by atoms with van der Waals surface area (Å²) in [7, 11) is -2.53. The van der Waals surface area contributed by atoms with Gasteiger partial charge in [0.05, 0.1) is 12.0 Å². The van der Waals surface area contributed by atoms with E-state index in [4.69, 9.17) is 0 Å². The molecule has 0 radical (unpaired) electrons. The van der Waals surface area contributed by atoms with Gasteiger partial charge < -0.3 is 0 Å². The summed E-state index contributed by atoms with van der Waals surface area (Å²) in [4.78, 5) is 2.65. The second-order valence-corrected chi connectivity index (χ2v) is 6.98. The SMILES string of the molecule is COS(=O)(=O)c1ccc(S)c(Sc2ccccc2)c1.[Na+]. The van der Waals surface area contributed by atoms with Crippen LogP contribution in [0.4, 0.5) is 0 Å². The van der Waals surface area contributed by atoms with Gasteiger partial charge in [0.25, 0.3) is 10.1 Å². The molecule has 20 heavy (non-hydrogen) atoms. The maximum Gasteiger partial charge on any atom is 1.00 e. The summed E-state index contributed by atoms with van der Waals surface area (Å²) in [5, 5.41) is 0. The molecule has 100 valence electrons. The second kappa shape index (κ2) is 7.89. The van der Waals surface area contributed by atoms with E-state index in [1.54, 1.807) is 12.1 Å². The molecule has 2 aromatic carbocycles. The van der Waals surface area contributed by atoms with Crippen LogP contribution < -0.4 is 29.6 Å². The molecule has 0 aliphatic carbocycles. The molecule has 7 heteroatoms. The monoisotopic (exact) mass is 335 g/mol. The first kappa shape index (κ1) is 18.1. The first-order chi connectivity index (χ1) is 9.03. The summed E-state index contributed by atoms with van der Waals surface area (Å²) in [5.41, 5.74) is 0. The van der Waals surface area contributed by atoms with Crippen LogP contribution in [0.25, 0.3) is 0 Å².